The summed E-state index contributed by atoms with van der Waals surface area (Å²) in [4.78, 5) is 0. The Bertz CT molecular complexity index is 908. The van der Waals surface area contributed by atoms with E-state index in [9.17, 15) is 13.2 Å². The van der Waals surface area contributed by atoms with Crippen molar-refractivity contribution in [3.8, 4) is 28.0 Å². The Morgan fingerprint density at radius 3 is 1.53 bits per heavy atom. The predicted molar refractivity (Wildman–Crippen MR) is 117 cm³/mol. The topological polar surface area (TPSA) is 9.23 Å². The molecule has 1 nitrogen and oxygen atoms in total. The molecule has 3 aromatic carbocycles. The van der Waals surface area contributed by atoms with Crippen molar-refractivity contribution in [1.82, 2.24) is 0 Å². The maximum atomic E-state index is 12.1. The number of unbranched alkanes of at least 4 members (excludes halogenated alkanes) is 1. The number of halogens is 3. The molecule has 0 atom stereocenters. The average molecular weight is 412 g/mol. The minimum atomic E-state index is -4.09. The summed E-state index contributed by atoms with van der Waals surface area (Å²) in [6.45, 7) is 4.67. The second-order valence-electron chi connectivity index (χ2n) is 7.80. The molecule has 0 aliphatic heterocycles. The fraction of sp³-hybridized carbons (Fsp3) is 0.308. The van der Waals surface area contributed by atoms with Crippen LogP contribution >= 0.6 is 0 Å². The van der Waals surface area contributed by atoms with E-state index in [0.29, 0.717) is 24.7 Å². The Morgan fingerprint density at radius 2 is 1.10 bits per heavy atom. The van der Waals surface area contributed by atoms with Gasteiger partial charge in [-0.15, -0.1) is 0 Å². The molecular weight excluding hydrogens is 385 g/mol. The predicted octanol–water partition coefficient (Wildman–Crippen LogP) is 8.26. The smallest absolute Gasteiger partial charge is 0.389 e. The fourth-order valence-corrected chi connectivity index (χ4v) is 3.28. The van der Waals surface area contributed by atoms with Gasteiger partial charge in [0.2, 0.25) is 0 Å². The number of hydrogen-bond acceptors (Lipinski definition) is 1. The highest BCUT2D eigenvalue weighted by Crippen LogP contribution is 2.28. The SMILES string of the molecule is CC(C)c1ccc(-c2ccc(-c3ccc(OCCCCC(F)(F)F)cc3)cc2)cc1. The summed E-state index contributed by atoms with van der Waals surface area (Å²) in [5.41, 5.74) is 5.88. The summed E-state index contributed by atoms with van der Waals surface area (Å²) in [5.74, 6) is 1.20. The summed E-state index contributed by atoms with van der Waals surface area (Å²) < 4.78 is 42.0. The molecule has 30 heavy (non-hydrogen) atoms. The van der Waals surface area contributed by atoms with Crippen LogP contribution < -0.4 is 4.74 Å². The van der Waals surface area contributed by atoms with Gasteiger partial charge in [-0.1, -0.05) is 74.5 Å². The van der Waals surface area contributed by atoms with Crippen LogP contribution in [0.15, 0.2) is 72.8 Å². The number of rotatable bonds is 8. The lowest BCUT2D eigenvalue weighted by Gasteiger charge is -2.10. The van der Waals surface area contributed by atoms with E-state index in [2.05, 4.69) is 62.4 Å². The first-order valence-corrected chi connectivity index (χ1v) is 10.3. The average Bonchev–Trinajstić information content (AvgIpc) is 2.73. The minimum absolute atomic E-state index is 0.0914. The lowest BCUT2D eigenvalue weighted by atomic mass is 9.97. The molecule has 0 unspecified atom stereocenters. The van der Waals surface area contributed by atoms with Gasteiger partial charge in [-0.05, 0) is 58.7 Å². The van der Waals surface area contributed by atoms with Gasteiger partial charge in [0.25, 0.3) is 0 Å². The molecule has 0 bridgehead atoms. The van der Waals surface area contributed by atoms with Crippen LogP contribution in [0.2, 0.25) is 0 Å². The molecule has 0 aromatic heterocycles. The van der Waals surface area contributed by atoms with Crippen LogP contribution in [-0.2, 0) is 0 Å². The maximum Gasteiger partial charge on any atom is 0.389 e. The summed E-state index contributed by atoms with van der Waals surface area (Å²) in [6, 6.07) is 24.7. The summed E-state index contributed by atoms with van der Waals surface area (Å²) in [6.07, 6.45) is -4.36. The third-order valence-corrected chi connectivity index (χ3v) is 5.11. The highest BCUT2D eigenvalue weighted by molar-refractivity contribution is 5.70. The van der Waals surface area contributed by atoms with E-state index in [1.54, 1.807) is 0 Å². The Labute approximate surface area is 176 Å². The van der Waals surface area contributed by atoms with E-state index in [0.717, 1.165) is 11.1 Å². The Kier molecular flexibility index (Phi) is 7.20. The van der Waals surface area contributed by atoms with Crippen molar-refractivity contribution < 1.29 is 17.9 Å². The van der Waals surface area contributed by atoms with Crippen molar-refractivity contribution in [1.29, 1.82) is 0 Å². The Morgan fingerprint density at radius 1 is 0.667 bits per heavy atom. The molecule has 4 heteroatoms. The molecule has 3 rings (SSSR count). The van der Waals surface area contributed by atoms with Crippen molar-refractivity contribution in [2.45, 2.75) is 45.2 Å². The zero-order valence-electron chi connectivity index (χ0n) is 17.4. The van der Waals surface area contributed by atoms with E-state index < -0.39 is 12.6 Å². The highest BCUT2D eigenvalue weighted by Gasteiger charge is 2.25. The molecular formula is C26H27F3O. The number of alkyl halides is 3. The zero-order chi connectivity index (χ0) is 21.6. The minimum Gasteiger partial charge on any atom is -0.494 e. The molecule has 0 spiro atoms. The van der Waals surface area contributed by atoms with Crippen molar-refractivity contribution in [2.24, 2.45) is 0 Å². The quantitative estimate of drug-likeness (QED) is 0.338. The summed E-state index contributed by atoms with van der Waals surface area (Å²) in [7, 11) is 0. The molecule has 0 aliphatic carbocycles. The molecule has 0 saturated heterocycles. The van der Waals surface area contributed by atoms with Crippen molar-refractivity contribution in [3.63, 3.8) is 0 Å². The largest absolute Gasteiger partial charge is 0.494 e. The lowest BCUT2D eigenvalue weighted by Crippen LogP contribution is -2.07. The van der Waals surface area contributed by atoms with Crippen LogP contribution in [0, 0.1) is 0 Å². The van der Waals surface area contributed by atoms with Crippen molar-refractivity contribution in [2.75, 3.05) is 6.61 Å². The third-order valence-electron chi connectivity index (χ3n) is 5.11. The van der Waals surface area contributed by atoms with Crippen molar-refractivity contribution in [3.05, 3.63) is 78.4 Å². The first-order valence-electron chi connectivity index (χ1n) is 10.3. The molecule has 0 aliphatic rings. The van der Waals surface area contributed by atoms with Crippen LogP contribution in [0.4, 0.5) is 13.2 Å². The van der Waals surface area contributed by atoms with Crippen molar-refractivity contribution >= 4 is 0 Å². The molecule has 0 amide bonds. The molecule has 3 aromatic rings. The first-order chi connectivity index (χ1) is 14.3. The van der Waals surface area contributed by atoms with E-state index in [1.165, 1.54) is 16.7 Å². The van der Waals surface area contributed by atoms with Gasteiger partial charge >= 0.3 is 6.18 Å². The molecule has 0 N–H and O–H groups in total. The Balaban J connectivity index is 1.56. The monoisotopic (exact) mass is 412 g/mol. The van der Waals surface area contributed by atoms with Crippen LogP contribution in [-0.4, -0.2) is 12.8 Å². The molecule has 0 fully saturated rings. The van der Waals surface area contributed by atoms with Gasteiger partial charge in [0.15, 0.2) is 0 Å². The van der Waals surface area contributed by atoms with Gasteiger partial charge in [-0.2, -0.15) is 13.2 Å². The second-order valence-corrected chi connectivity index (χ2v) is 7.80. The first kappa shape index (κ1) is 21.9. The summed E-state index contributed by atoms with van der Waals surface area (Å²) >= 11 is 0. The van der Waals surface area contributed by atoms with Crippen LogP contribution in [0.25, 0.3) is 22.3 Å². The molecule has 0 heterocycles. The van der Waals surface area contributed by atoms with Crippen LogP contribution in [0.1, 0.15) is 44.6 Å². The number of benzene rings is 3. The fourth-order valence-electron chi connectivity index (χ4n) is 3.28. The van der Waals surface area contributed by atoms with Crippen LogP contribution in [0.5, 0.6) is 5.75 Å². The normalized spacial score (nSPS) is 11.7. The molecule has 0 saturated carbocycles. The van der Waals surface area contributed by atoms with Gasteiger partial charge < -0.3 is 4.74 Å². The van der Waals surface area contributed by atoms with Gasteiger partial charge in [0.05, 0.1) is 6.61 Å². The standard InChI is InChI=1S/C26H27F3O/c1-19(2)20-5-7-21(8-6-20)22-9-11-23(12-10-22)24-13-15-25(16-14-24)30-18-4-3-17-26(27,28)29/h5-16,19H,3-4,17-18H2,1-2H3. The van der Waals surface area contributed by atoms with Gasteiger partial charge in [-0.25, -0.2) is 0 Å². The summed E-state index contributed by atoms with van der Waals surface area (Å²) in [5, 5.41) is 0. The van der Waals surface area contributed by atoms with Gasteiger partial charge in [-0.3, -0.25) is 0 Å². The second kappa shape index (κ2) is 9.84. The maximum absolute atomic E-state index is 12.1. The van der Waals surface area contributed by atoms with E-state index in [-0.39, 0.29) is 6.42 Å². The highest BCUT2D eigenvalue weighted by atomic mass is 19.4. The lowest BCUT2D eigenvalue weighted by molar-refractivity contribution is -0.135. The zero-order valence-corrected chi connectivity index (χ0v) is 17.4. The van der Waals surface area contributed by atoms with Gasteiger partial charge in [0.1, 0.15) is 5.75 Å². The molecule has 0 radical (unpaired) electrons. The van der Waals surface area contributed by atoms with E-state index in [1.807, 2.05) is 24.3 Å². The van der Waals surface area contributed by atoms with Crippen LogP contribution in [0.3, 0.4) is 0 Å². The molecule has 158 valence electrons. The number of ether oxygens (including phenoxy) is 1. The Hall–Kier alpha value is -2.75. The van der Waals surface area contributed by atoms with Gasteiger partial charge in [0, 0.05) is 6.42 Å². The third kappa shape index (κ3) is 6.38. The number of hydrogen-bond donors (Lipinski definition) is 0. The van der Waals surface area contributed by atoms with E-state index in [4.69, 9.17) is 4.74 Å². The van der Waals surface area contributed by atoms with E-state index >= 15 is 0 Å².